The molecule has 0 radical (unpaired) electrons. The summed E-state index contributed by atoms with van der Waals surface area (Å²) in [4.78, 5) is 14.3. The van der Waals surface area contributed by atoms with Gasteiger partial charge in [0.25, 0.3) is 0 Å². The van der Waals surface area contributed by atoms with Crippen LogP contribution in [0.4, 0.5) is 0 Å². The average molecular weight is 536 g/mol. The van der Waals surface area contributed by atoms with Crippen LogP contribution in [0.1, 0.15) is 32.8 Å². The van der Waals surface area contributed by atoms with Crippen molar-refractivity contribution in [2.24, 2.45) is 0 Å². The van der Waals surface area contributed by atoms with E-state index in [1.54, 1.807) is 57.2 Å². The Labute approximate surface area is 214 Å². The van der Waals surface area contributed by atoms with Gasteiger partial charge in [0.15, 0.2) is 0 Å². The zero-order valence-electron chi connectivity index (χ0n) is 20.1. The standard InChI is InChI=1S/C26H30ClNO5S2/c1-24(2,3)33-23(30)26(16-25(26,17-29)19-8-6-5-7-9-19)28-35(4,31,32)22-15-14-21(34-22)18-10-12-20(27)13-11-18/h5-15,29H,16-17H2,1-4H3,(H2,28,31,32). The van der Waals surface area contributed by atoms with Crippen LogP contribution in [0.25, 0.3) is 10.4 Å². The Morgan fingerprint density at radius 2 is 1.74 bits per heavy atom. The summed E-state index contributed by atoms with van der Waals surface area (Å²) in [5.74, 6) is -0.674. The monoisotopic (exact) mass is 535 g/mol. The van der Waals surface area contributed by atoms with Crippen molar-refractivity contribution in [1.82, 2.24) is 4.72 Å². The number of nitrogens with one attached hydrogen (secondary N) is 1. The number of aliphatic hydroxyl groups is 1. The van der Waals surface area contributed by atoms with Gasteiger partial charge in [0.2, 0.25) is 0 Å². The Morgan fingerprint density at radius 1 is 1.11 bits per heavy atom. The topological polar surface area (TPSA) is 95.9 Å². The number of carbonyl (C=O) groups is 1. The fraction of sp³-hybridized carbons (Fsp3) is 0.346. The van der Waals surface area contributed by atoms with Crippen LogP contribution in [-0.2, 0) is 24.5 Å². The van der Waals surface area contributed by atoms with E-state index in [4.69, 9.17) is 16.3 Å². The van der Waals surface area contributed by atoms with E-state index in [9.17, 15) is 18.7 Å². The van der Waals surface area contributed by atoms with Crippen LogP contribution in [0.3, 0.4) is 0 Å². The van der Waals surface area contributed by atoms with Gasteiger partial charge in [0.05, 0.1) is 12.0 Å². The molecule has 2 aromatic carbocycles. The minimum Gasteiger partial charge on any atom is -0.459 e. The first-order valence-electron chi connectivity index (χ1n) is 11.1. The fourth-order valence-corrected chi connectivity index (χ4v) is 8.12. The molecule has 1 aromatic heterocycles. The first-order valence-corrected chi connectivity index (χ1v) is 14.7. The third-order valence-corrected chi connectivity index (χ3v) is 10.7. The first-order chi connectivity index (χ1) is 16.2. The highest BCUT2D eigenvalue weighted by Gasteiger charge is 2.76. The molecule has 3 N–H and O–H groups in total. The molecule has 1 aliphatic carbocycles. The van der Waals surface area contributed by atoms with Crippen molar-refractivity contribution in [3.63, 3.8) is 0 Å². The van der Waals surface area contributed by atoms with Crippen molar-refractivity contribution < 1.29 is 23.4 Å². The maximum atomic E-state index is 14.2. The Bertz CT molecular complexity index is 1310. The second-order valence-corrected chi connectivity index (χ2v) is 15.2. The highest BCUT2D eigenvalue weighted by atomic mass is 35.5. The highest BCUT2D eigenvalue weighted by molar-refractivity contribution is 8.14. The van der Waals surface area contributed by atoms with E-state index < -0.39 is 38.7 Å². The lowest BCUT2D eigenvalue weighted by atomic mass is 9.91. The van der Waals surface area contributed by atoms with E-state index >= 15 is 0 Å². The predicted molar refractivity (Wildman–Crippen MR) is 141 cm³/mol. The van der Waals surface area contributed by atoms with Gasteiger partial charge in [0, 0.05) is 16.2 Å². The maximum Gasteiger partial charge on any atom is 0.329 e. The summed E-state index contributed by atoms with van der Waals surface area (Å²) in [5, 5.41) is 11.1. The molecule has 3 aromatic rings. The average Bonchev–Trinajstić information content (AvgIpc) is 3.14. The molecule has 9 heteroatoms. The molecule has 0 spiro atoms. The number of hydrogen-bond acceptors (Lipinski definition) is 5. The van der Waals surface area contributed by atoms with Gasteiger partial charge in [0.1, 0.15) is 15.3 Å². The van der Waals surface area contributed by atoms with E-state index in [0.717, 1.165) is 21.8 Å². The molecular weight excluding hydrogens is 506 g/mol. The highest BCUT2D eigenvalue weighted by Crippen LogP contribution is 2.60. The van der Waals surface area contributed by atoms with Gasteiger partial charge in [-0.2, -0.15) is 4.21 Å². The number of rotatable bonds is 7. The van der Waals surface area contributed by atoms with Crippen molar-refractivity contribution in [1.29, 1.82) is 0 Å². The molecule has 0 bridgehead atoms. The number of aliphatic hydroxyl groups excluding tert-OH is 1. The molecule has 1 saturated carbocycles. The maximum absolute atomic E-state index is 14.2. The van der Waals surface area contributed by atoms with E-state index in [2.05, 4.69) is 4.72 Å². The molecule has 2 atom stereocenters. The van der Waals surface area contributed by atoms with Gasteiger partial charge in [-0.25, -0.2) is 9.52 Å². The minimum atomic E-state index is -4.76. The molecule has 0 aliphatic heterocycles. The number of ether oxygens (including phenoxy) is 1. The molecular formula is C26H30ClNO5S2. The Morgan fingerprint density at radius 3 is 2.31 bits per heavy atom. The SMILES string of the molecule is CC(C)(C)OC(=O)C1(NS(C)(=O)(O)c2ccc(-c3ccc(Cl)cc3)s2)CC1(CO)c1ccccc1. The largest absolute Gasteiger partial charge is 0.459 e. The van der Waals surface area contributed by atoms with Crippen LogP contribution in [0.5, 0.6) is 0 Å². The molecule has 188 valence electrons. The zero-order valence-corrected chi connectivity index (χ0v) is 22.5. The number of hydrogen-bond donors (Lipinski definition) is 3. The van der Waals surface area contributed by atoms with E-state index in [1.165, 1.54) is 6.26 Å². The zero-order chi connectivity index (χ0) is 25.7. The third kappa shape index (κ3) is 4.83. The van der Waals surface area contributed by atoms with Gasteiger partial charge >= 0.3 is 5.97 Å². The third-order valence-electron chi connectivity index (χ3n) is 6.20. The van der Waals surface area contributed by atoms with Crippen LogP contribution in [0, 0.1) is 0 Å². The van der Waals surface area contributed by atoms with Crippen LogP contribution < -0.4 is 4.72 Å². The molecule has 2 unspecified atom stereocenters. The Hall–Kier alpha value is -2.07. The van der Waals surface area contributed by atoms with Crippen molar-refractivity contribution in [3.8, 4) is 10.4 Å². The number of thiophene rings is 1. The molecule has 1 fully saturated rings. The summed E-state index contributed by atoms with van der Waals surface area (Å²) in [6.07, 6.45) is 1.32. The van der Waals surface area contributed by atoms with Gasteiger partial charge in [-0.05, 0) is 62.6 Å². The van der Waals surface area contributed by atoms with E-state index in [-0.39, 0.29) is 10.6 Å². The Balaban J connectivity index is 1.76. The van der Waals surface area contributed by atoms with Crippen LogP contribution in [0.15, 0.2) is 70.9 Å². The van der Waals surface area contributed by atoms with Gasteiger partial charge in [-0.3, -0.25) is 4.55 Å². The normalized spacial score (nSPS) is 23.3. The minimum absolute atomic E-state index is 0.119. The lowest BCUT2D eigenvalue weighted by Gasteiger charge is -2.43. The van der Waals surface area contributed by atoms with Gasteiger partial charge in [-0.15, -0.1) is 20.9 Å². The molecule has 1 heterocycles. The van der Waals surface area contributed by atoms with E-state index in [0.29, 0.717) is 10.6 Å². The fourth-order valence-electron chi connectivity index (χ4n) is 4.41. The number of carbonyl (C=O) groups excluding carboxylic acids is 1. The van der Waals surface area contributed by atoms with Gasteiger partial charge in [-0.1, -0.05) is 54.1 Å². The Kier molecular flexibility index (Phi) is 6.32. The van der Waals surface area contributed by atoms with Crippen molar-refractivity contribution >= 4 is 38.4 Å². The van der Waals surface area contributed by atoms with E-state index in [1.807, 2.05) is 30.3 Å². The van der Waals surface area contributed by atoms with Gasteiger partial charge < -0.3 is 9.84 Å². The summed E-state index contributed by atoms with van der Waals surface area (Å²) in [6.45, 7) is 4.82. The van der Waals surface area contributed by atoms with Crippen LogP contribution in [0.2, 0.25) is 5.02 Å². The molecule has 4 rings (SSSR count). The van der Waals surface area contributed by atoms with Crippen molar-refractivity contribution in [2.75, 3.05) is 12.9 Å². The quantitative estimate of drug-likeness (QED) is 0.358. The van der Waals surface area contributed by atoms with Crippen LogP contribution in [-0.4, -0.2) is 43.8 Å². The second kappa shape index (κ2) is 8.50. The molecule has 0 amide bonds. The number of esters is 1. The van der Waals surface area contributed by atoms with Crippen LogP contribution >= 0.6 is 22.9 Å². The summed E-state index contributed by atoms with van der Waals surface area (Å²) in [5.41, 5.74) is -1.97. The molecule has 1 aliphatic rings. The lowest BCUT2D eigenvalue weighted by molar-refractivity contribution is -0.159. The first kappa shape index (κ1) is 26.0. The second-order valence-electron chi connectivity index (χ2n) is 10.2. The predicted octanol–water partition coefficient (Wildman–Crippen LogP) is 5.27. The number of benzene rings is 2. The molecule has 6 nitrogen and oxygen atoms in total. The summed E-state index contributed by atoms with van der Waals surface area (Å²) < 4.78 is 34.5. The smallest absolute Gasteiger partial charge is 0.329 e. The molecule has 35 heavy (non-hydrogen) atoms. The van der Waals surface area contributed by atoms with Crippen molar-refractivity contribution in [2.45, 2.75) is 48.0 Å². The molecule has 0 saturated heterocycles. The summed E-state index contributed by atoms with van der Waals surface area (Å²) in [6, 6.07) is 19.6. The number of halogens is 1. The van der Waals surface area contributed by atoms with Crippen molar-refractivity contribution in [3.05, 3.63) is 77.3 Å². The summed E-state index contributed by atoms with van der Waals surface area (Å²) in [7, 11) is -4.76. The summed E-state index contributed by atoms with van der Waals surface area (Å²) >= 11 is 7.15. The lowest BCUT2D eigenvalue weighted by Crippen LogP contribution is -2.59.